The van der Waals surface area contributed by atoms with Gasteiger partial charge in [-0.2, -0.15) is 0 Å². The van der Waals surface area contributed by atoms with Gasteiger partial charge in [-0.15, -0.1) is 6.58 Å². The summed E-state index contributed by atoms with van der Waals surface area (Å²) in [6.45, 7) is 5.65. The Labute approximate surface area is 216 Å². The molecule has 3 aliphatic heterocycles. The van der Waals surface area contributed by atoms with E-state index < -0.39 is 12.1 Å². The third kappa shape index (κ3) is 4.51. The average molecular weight is 505 g/mol. The van der Waals surface area contributed by atoms with Crippen LogP contribution >= 0.6 is 11.6 Å². The Balaban J connectivity index is 1.53. The number of nitrogens with one attached hydrogen (secondary N) is 1. The molecule has 1 N–H and O–H groups in total. The van der Waals surface area contributed by atoms with Crippen LogP contribution in [0.15, 0.2) is 78.5 Å². The molecule has 3 aliphatic rings. The number of hydrogen-bond acceptors (Lipinski definition) is 3. The fraction of sp³-hybridized carbons (Fsp3) is 0.321. The molecule has 1 fully saturated rings. The predicted molar refractivity (Wildman–Crippen MR) is 138 cm³/mol. The largest absolute Gasteiger partial charge is 0.341 e. The highest BCUT2D eigenvalue weighted by Gasteiger charge is 2.47. The topological polar surface area (TPSA) is 73.0 Å². The van der Waals surface area contributed by atoms with Gasteiger partial charge in [0.2, 0.25) is 5.91 Å². The van der Waals surface area contributed by atoms with Crippen LogP contribution in [-0.2, 0) is 16.0 Å². The summed E-state index contributed by atoms with van der Waals surface area (Å²) in [6.07, 6.45) is 3.99. The number of benzene rings is 2. The van der Waals surface area contributed by atoms with Crippen molar-refractivity contribution < 1.29 is 14.4 Å². The Hall–Kier alpha value is -3.58. The zero-order valence-corrected chi connectivity index (χ0v) is 20.8. The Bertz CT molecular complexity index is 1210. The summed E-state index contributed by atoms with van der Waals surface area (Å²) in [7, 11) is 0. The summed E-state index contributed by atoms with van der Waals surface area (Å²) in [5, 5.41) is 3.55. The molecule has 36 heavy (non-hydrogen) atoms. The standard InChI is InChI=1S/C28H29ClN4O3/c1-2-14-32-23-18-33(22(17-19-8-4-3-5-9-19)26(34)31-15-6-7-16-31)27(35)24(23)25(30-28(32)36)20-10-12-21(29)13-11-20/h2-5,8-13,22,25H,1,6-7,14-18H2,(H,30,36)/t22-,25+/m1/s1. The number of carbonyl (C=O) groups is 3. The van der Waals surface area contributed by atoms with Crippen LogP contribution in [0.4, 0.5) is 4.79 Å². The molecule has 1 saturated heterocycles. The van der Waals surface area contributed by atoms with Crippen LogP contribution in [0.25, 0.3) is 0 Å². The number of urea groups is 1. The summed E-state index contributed by atoms with van der Waals surface area (Å²) in [5.74, 6) is -0.269. The fourth-order valence-electron chi connectivity index (χ4n) is 5.31. The van der Waals surface area contributed by atoms with Crippen LogP contribution in [0, 0.1) is 0 Å². The zero-order chi connectivity index (χ0) is 25.2. The van der Waals surface area contributed by atoms with Gasteiger partial charge in [-0.1, -0.05) is 60.1 Å². The van der Waals surface area contributed by atoms with Gasteiger partial charge in [0.15, 0.2) is 0 Å². The molecule has 3 heterocycles. The summed E-state index contributed by atoms with van der Waals surface area (Å²) < 4.78 is 0. The van der Waals surface area contributed by atoms with Crippen LogP contribution in [0.3, 0.4) is 0 Å². The minimum Gasteiger partial charge on any atom is -0.341 e. The monoisotopic (exact) mass is 504 g/mol. The number of rotatable bonds is 7. The van der Waals surface area contributed by atoms with Crippen LogP contribution in [0.2, 0.25) is 5.02 Å². The van der Waals surface area contributed by atoms with Gasteiger partial charge in [0.25, 0.3) is 5.91 Å². The van der Waals surface area contributed by atoms with E-state index in [1.807, 2.05) is 47.4 Å². The molecule has 8 heteroatoms. The molecule has 186 valence electrons. The van der Waals surface area contributed by atoms with E-state index in [4.69, 9.17) is 11.6 Å². The van der Waals surface area contributed by atoms with Crippen molar-refractivity contribution in [2.75, 3.05) is 26.2 Å². The smallest absolute Gasteiger partial charge is 0.322 e. The van der Waals surface area contributed by atoms with Crippen molar-refractivity contribution in [2.24, 2.45) is 0 Å². The first-order valence-electron chi connectivity index (χ1n) is 12.3. The van der Waals surface area contributed by atoms with Crippen molar-refractivity contribution in [1.29, 1.82) is 0 Å². The molecule has 2 atom stereocenters. The minimum absolute atomic E-state index is 0.0397. The highest BCUT2D eigenvalue weighted by Crippen LogP contribution is 2.38. The van der Waals surface area contributed by atoms with Crippen LogP contribution in [0.1, 0.15) is 30.0 Å². The Morgan fingerprint density at radius 1 is 1.08 bits per heavy atom. The summed E-state index contributed by atoms with van der Waals surface area (Å²) in [5.41, 5.74) is 2.86. The van der Waals surface area contributed by atoms with Gasteiger partial charge in [0.1, 0.15) is 6.04 Å². The van der Waals surface area contributed by atoms with Gasteiger partial charge in [-0.05, 0) is 36.1 Å². The first-order chi connectivity index (χ1) is 17.5. The summed E-state index contributed by atoms with van der Waals surface area (Å²) >= 11 is 6.09. The quantitative estimate of drug-likeness (QED) is 0.581. The second kappa shape index (κ2) is 10.2. The first-order valence-corrected chi connectivity index (χ1v) is 12.7. The van der Waals surface area contributed by atoms with Gasteiger partial charge >= 0.3 is 6.03 Å². The van der Waals surface area contributed by atoms with Gasteiger partial charge in [-0.25, -0.2) is 4.79 Å². The fourth-order valence-corrected chi connectivity index (χ4v) is 5.44. The van der Waals surface area contributed by atoms with E-state index in [9.17, 15) is 14.4 Å². The molecular formula is C28H29ClN4O3. The van der Waals surface area contributed by atoms with Gasteiger partial charge < -0.3 is 15.1 Å². The van der Waals surface area contributed by atoms with Gasteiger partial charge in [-0.3, -0.25) is 14.5 Å². The van der Waals surface area contributed by atoms with E-state index >= 15 is 0 Å². The SMILES string of the molecule is C=CCN1C(=O)N[C@@H](c2ccc(Cl)cc2)C2=C1CN([C@H](Cc1ccccc1)C(=O)N1CCCC1)C2=O. The lowest BCUT2D eigenvalue weighted by molar-refractivity contribution is -0.142. The maximum atomic E-state index is 14.1. The number of amides is 4. The predicted octanol–water partition coefficient (Wildman–Crippen LogP) is 3.92. The van der Waals surface area contributed by atoms with E-state index in [1.54, 1.807) is 28.0 Å². The molecular weight excluding hydrogens is 476 g/mol. The lowest BCUT2D eigenvalue weighted by atomic mass is 9.95. The third-order valence-electron chi connectivity index (χ3n) is 7.12. The molecule has 0 unspecified atom stereocenters. The van der Waals surface area contributed by atoms with E-state index in [-0.39, 0.29) is 30.9 Å². The lowest BCUT2D eigenvalue weighted by Crippen LogP contribution is -2.50. The van der Waals surface area contributed by atoms with Crippen molar-refractivity contribution in [3.05, 3.63) is 94.7 Å². The van der Waals surface area contributed by atoms with Crippen molar-refractivity contribution in [3.8, 4) is 0 Å². The number of hydrogen-bond donors (Lipinski definition) is 1. The van der Waals surface area contributed by atoms with E-state index in [0.717, 1.165) is 24.0 Å². The number of carbonyl (C=O) groups excluding carboxylic acids is 3. The molecule has 0 bridgehead atoms. The Morgan fingerprint density at radius 3 is 2.44 bits per heavy atom. The molecule has 0 saturated carbocycles. The highest BCUT2D eigenvalue weighted by atomic mass is 35.5. The Morgan fingerprint density at radius 2 is 1.78 bits per heavy atom. The van der Waals surface area contributed by atoms with Gasteiger partial charge in [0, 0.05) is 31.1 Å². The number of nitrogens with zero attached hydrogens (tertiary/aromatic N) is 3. The summed E-state index contributed by atoms with van der Waals surface area (Å²) in [4.78, 5) is 46.0. The lowest BCUT2D eigenvalue weighted by Gasteiger charge is -2.33. The van der Waals surface area contributed by atoms with E-state index in [2.05, 4.69) is 11.9 Å². The van der Waals surface area contributed by atoms with Crippen molar-refractivity contribution in [3.63, 3.8) is 0 Å². The molecule has 5 rings (SSSR count). The highest BCUT2D eigenvalue weighted by molar-refractivity contribution is 6.30. The third-order valence-corrected chi connectivity index (χ3v) is 7.37. The van der Waals surface area contributed by atoms with E-state index in [1.165, 1.54) is 0 Å². The minimum atomic E-state index is -0.657. The molecule has 0 aromatic heterocycles. The maximum absolute atomic E-state index is 14.1. The average Bonchev–Trinajstić information content (AvgIpc) is 3.54. The first kappa shape index (κ1) is 24.1. The van der Waals surface area contributed by atoms with Crippen molar-refractivity contribution in [1.82, 2.24) is 20.0 Å². The molecule has 7 nitrogen and oxygen atoms in total. The van der Waals surface area contributed by atoms with E-state index in [0.29, 0.717) is 35.8 Å². The summed E-state index contributed by atoms with van der Waals surface area (Å²) in [6, 6.07) is 15.3. The normalized spacial score (nSPS) is 20.5. The van der Waals surface area contributed by atoms with Crippen LogP contribution in [0.5, 0.6) is 0 Å². The molecule has 0 spiro atoms. The van der Waals surface area contributed by atoms with Crippen LogP contribution < -0.4 is 5.32 Å². The molecule has 2 aromatic carbocycles. The second-order valence-corrected chi connectivity index (χ2v) is 9.80. The molecule has 0 radical (unpaired) electrons. The molecule has 2 aromatic rings. The number of likely N-dealkylation sites (tertiary alicyclic amines) is 1. The van der Waals surface area contributed by atoms with Crippen molar-refractivity contribution >= 4 is 29.4 Å². The molecule has 0 aliphatic carbocycles. The van der Waals surface area contributed by atoms with Gasteiger partial charge in [0.05, 0.1) is 23.9 Å². The maximum Gasteiger partial charge on any atom is 0.322 e. The second-order valence-electron chi connectivity index (χ2n) is 9.36. The Kier molecular flexibility index (Phi) is 6.83. The van der Waals surface area contributed by atoms with Crippen LogP contribution in [-0.4, -0.2) is 64.8 Å². The van der Waals surface area contributed by atoms with Crippen molar-refractivity contribution in [2.45, 2.75) is 31.3 Å². The zero-order valence-electron chi connectivity index (χ0n) is 20.0. The number of halogens is 1. The molecule has 4 amide bonds.